The fraction of sp³-hybridized carbons (Fsp3) is 0. The third kappa shape index (κ3) is 2.67. The number of benzene rings is 3. The van der Waals surface area contributed by atoms with Gasteiger partial charge in [-0.1, -0.05) is 36.4 Å². The van der Waals surface area contributed by atoms with Crippen LogP contribution in [0, 0.1) is 0 Å². The number of hydrogen-bond donors (Lipinski definition) is 1. The maximum Gasteiger partial charge on any atom is 0.344 e. The molecule has 0 saturated heterocycles. The van der Waals surface area contributed by atoms with E-state index in [4.69, 9.17) is 9.84 Å². The lowest BCUT2D eigenvalue weighted by atomic mass is 10.0. The zero-order chi connectivity index (χ0) is 15.5. The van der Waals surface area contributed by atoms with Gasteiger partial charge in [0.25, 0.3) is 0 Å². The summed E-state index contributed by atoms with van der Waals surface area (Å²) in [7, 11) is 0. The van der Waals surface area contributed by atoms with Crippen molar-refractivity contribution in [3.05, 3.63) is 77.9 Å². The number of para-hydroxylation sites is 1. The quantitative estimate of drug-likeness (QED) is 0.589. The summed E-state index contributed by atoms with van der Waals surface area (Å²) < 4.78 is 5.33. The molecule has 0 heterocycles. The van der Waals surface area contributed by atoms with Gasteiger partial charge in [-0.15, -0.1) is 0 Å². The Labute approximate surface area is 126 Å². The molecular formula is C18H12O4. The van der Waals surface area contributed by atoms with Crippen molar-refractivity contribution in [1.82, 2.24) is 0 Å². The van der Waals surface area contributed by atoms with Gasteiger partial charge in [-0.05, 0) is 41.1 Å². The Morgan fingerprint density at radius 1 is 0.864 bits per heavy atom. The van der Waals surface area contributed by atoms with Gasteiger partial charge in [0.05, 0.1) is 11.1 Å². The SMILES string of the molecule is O=C(O)c1ccc2c(C(=O)Oc3ccccc3)cccc2c1. The second-order valence-corrected chi connectivity index (χ2v) is 4.75. The average Bonchev–Trinajstić information content (AvgIpc) is 2.54. The van der Waals surface area contributed by atoms with Crippen molar-refractivity contribution in [2.45, 2.75) is 0 Å². The molecule has 0 aliphatic rings. The Hall–Kier alpha value is -3.14. The van der Waals surface area contributed by atoms with Gasteiger partial charge in [-0.2, -0.15) is 0 Å². The summed E-state index contributed by atoms with van der Waals surface area (Å²) in [6, 6.07) is 18.6. The predicted molar refractivity (Wildman–Crippen MR) is 82.3 cm³/mol. The van der Waals surface area contributed by atoms with E-state index < -0.39 is 11.9 Å². The number of hydrogen-bond acceptors (Lipinski definition) is 3. The Kier molecular flexibility index (Phi) is 3.58. The number of carbonyl (C=O) groups excluding carboxylic acids is 1. The van der Waals surface area contributed by atoms with Gasteiger partial charge in [0.15, 0.2) is 0 Å². The molecule has 108 valence electrons. The molecule has 0 amide bonds. The molecule has 3 rings (SSSR count). The van der Waals surface area contributed by atoms with E-state index in [-0.39, 0.29) is 5.56 Å². The first-order valence-electron chi connectivity index (χ1n) is 6.68. The van der Waals surface area contributed by atoms with Crippen molar-refractivity contribution in [1.29, 1.82) is 0 Å². The van der Waals surface area contributed by atoms with Crippen LogP contribution in [-0.4, -0.2) is 17.0 Å². The zero-order valence-electron chi connectivity index (χ0n) is 11.5. The van der Waals surface area contributed by atoms with Gasteiger partial charge in [0, 0.05) is 0 Å². The minimum Gasteiger partial charge on any atom is -0.478 e. The first-order valence-corrected chi connectivity index (χ1v) is 6.68. The number of ether oxygens (including phenoxy) is 1. The number of fused-ring (bicyclic) bond motifs is 1. The molecule has 0 aromatic heterocycles. The molecule has 1 N–H and O–H groups in total. The summed E-state index contributed by atoms with van der Waals surface area (Å²) in [5.41, 5.74) is 0.583. The zero-order valence-corrected chi connectivity index (χ0v) is 11.5. The van der Waals surface area contributed by atoms with Gasteiger partial charge in [-0.3, -0.25) is 0 Å². The highest BCUT2D eigenvalue weighted by Crippen LogP contribution is 2.22. The van der Waals surface area contributed by atoms with E-state index in [9.17, 15) is 9.59 Å². The maximum absolute atomic E-state index is 12.3. The van der Waals surface area contributed by atoms with Crippen LogP contribution >= 0.6 is 0 Å². The Bertz CT molecular complexity index is 853. The highest BCUT2D eigenvalue weighted by Gasteiger charge is 2.13. The van der Waals surface area contributed by atoms with Gasteiger partial charge >= 0.3 is 11.9 Å². The topological polar surface area (TPSA) is 63.6 Å². The van der Waals surface area contributed by atoms with Crippen molar-refractivity contribution in [3.8, 4) is 5.75 Å². The van der Waals surface area contributed by atoms with Gasteiger partial charge in [-0.25, -0.2) is 9.59 Å². The third-order valence-electron chi connectivity index (χ3n) is 3.30. The molecular weight excluding hydrogens is 280 g/mol. The van der Waals surface area contributed by atoms with E-state index in [1.807, 2.05) is 6.07 Å². The Morgan fingerprint density at radius 2 is 1.64 bits per heavy atom. The fourth-order valence-corrected chi connectivity index (χ4v) is 2.25. The van der Waals surface area contributed by atoms with E-state index >= 15 is 0 Å². The van der Waals surface area contributed by atoms with Crippen molar-refractivity contribution in [3.63, 3.8) is 0 Å². The second-order valence-electron chi connectivity index (χ2n) is 4.75. The standard InChI is InChI=1S/C18H12O4/c19-17(20)13-9-10-15-12(11-13)5-4-8-16(15)18(21)22-14-6-2-1-3-7-14/h1-11H,(H,19,20). The van der Waals surface area contributed by atoms with Crippen LogP contribution in [0.25, 0.3) is 10.8 Å². The van der Waals surface area contributed by atoms with E-state index in [1.165, 1.54) is 12.1 Å². The summed E-state index contributed by atoms with van der Waals surface area (Å²) in [5, 5.41) is 10.4. The summed E-state index contributed by atoms with van der Waals surface area (Å²) in [5.74, 6) is -1.01. The predicted octanol–water partition coefficient (Wildman–Crippen LogP) is 3.76. The van der Waals surface area contributed by atoms with Crippen LogP contribution in [0.5, 0.6) is 5.75 Å². The third-order valence-corrected chi connectivity index (χ3v) is 3.30. The molecule has 0 bridgehead atoms. The van der Waals surface area contributed by atoms with Crippen LogP contribution in [0.4, 0.5) is 0 Å². The van der Waals surface area contributed by atoms with Crippen LogP contribution in [0.1, 0.15) is 20.7 Å². The summed E-state index contributed by atoms with van der Waals surface area (Å²) in [4.78, 5) is 23.3. The highest BCUT2D eigenvalue weighted by molar-refractivity contribution is 6.06. The minimum absolute atomic E-state index is 0.182. The first-order chi connectivity index (χ1) is 10.6. The molecule has 4 nitrogen and oxygen atoms in total. The number of rotatable bonds is 3. The lowest BCUT2D eigenvalue weighted by molar-refractivity contribution is 0.0695. The number of aromatic carboxylic acids is 1. The fourth-order valence-electron chi connectivity index (χ4n) is 2.25. The van der Waals surface area contributed by atoms with Crippen molar-refractivity contribution in [2.75, 3.05) is 0 Å². The van der Waals surface area contributed by atoms with E-state index in [0.717, 1.165) is 0 Å². The summed E-state index contributed by atoms with van der Waals surface area (Å²) in [6.07, 6.45) is 0. The minimum atomic E-state index is -1.00. The van der Waals surface area contributed by atoms with Gasteiger partial charge in [0.1, 0.15) is 5.75 Å². The summed E-state index contributed by atoms with van der Waals surface area (Å²) in [6.45, 7) is 0. The van der Waals surface area contributed by atoms with Crippen molar-refractivity contribution in [2.24, 2.45) is 0 Å². The average molecular weight is 292 g/mol. The first kappa shape index (κ1) is 13.8. The van der Waals surface area contributed by atoms with Crippen LogP contribution in [0.15, 0.2) is 66.7 Å². The van der Waals surface area contributed by atoms with Crippen LogP contribution in [0.2, 0.25) is 0 Å². The lowest BCUT2D eigenvalue weighted by Crippen LogP contribution is -2.09. The number of esters is 1. The van der Waals surface area contributed by atoms with E-state index in [0.29, 0.717) is 22.1 Å². The highest BCUT2D eigenvalue weighted by atomic mass is 16.5. The molecule has 3 aromatic rings. The number of carboxylic acid groups (broad SMARTS) is 1. The van der Waals surface area contributed by atoms with Gasteiger partial charge in [0.2, 0.25) is 0 Å². The monoisotopic (exact) mass is 292 g/mol. The molecule has 22 heavy (non-hydrogen) atoms. The maximum atomic E-state index is 12.3. The molecule has 4 heteroatoms. The molecule has 0 aliphatic heterocycles. The summed E-state index contributed by atoms with van der Waals surface area (Å²) >= 11 is 0. The Balaban J connectivity index is 2.00. The van der Waals surface area contributed by atoms with Crippen LogP contribution in [-0.2, 0) is 0 Å². The molecule has 0 unspecified atom stereocenters. The smallest absolute Gasteiger partial charge is 0.344 e. The van der Waals surface area contributed by atoms with Crippen molar-refractivity contribution < 1.29 is 19.4 Å². The lowest BCUT2D eigenvalue weighted by Gasteiger charge is -2.07. The van der Waals surface area contributed by atoms with E-state index in [2.05, 4.69) is 0 Å². The van der Waals surface area contributed by atoms with E-state index in [1.54, 1.807) is 48.5 Å². The normalized spacial score (nSPS) is 10.4. The molecule has 0 atom stereocenters. The van der Waals surface area contributed by atoms with Crippen LogP contribution in [0.3, 0.4) is 0 Å². The molecule has 0 spiro atoms. The van der Waals surface area contributed by atoms with Crippen molar-refractivity contribution >= 4 is 22.7 Å². The van der Waals surface area contributed by atoms with Gasteiger partial charge < -0.3 is 9.84 Å². The molecule has 0 radical (unpaired) electrons. The molecule has 0 fully saturated rings. The largest absolute Gasteiger partial charge is 0.478 e. The Morgan fingerprint density at radius 3 is 2.36 bits per heavy atom. The molecule has 0 saturated carbocycles. The molecule has 3 aromatic carbocycles. The van der Waals surface area contributed by atoms with Crippen LogP contribution < -0.4 is 4.74 Å². The number of carbonyl (C=O) groups is 2. The second kappa shape index (κ2) is 5.69. The molecule has 0 aliphatic carbocycles. The number of carboxylic acids is 1.